The smallest absolute Gasteiger partial charge is 0.191 e. The van der Waals surface area contributed by atoms with Crippen molar-refractivity contribution in [1.82, 2.24) is 35.0 Å². The average molecular weight is 403 g/mol. The molecule has 0 saturated heterocycles. The van der Waals surface area contributed by atoms with Crippen LogP contribution in [0.3, 0.4) is 0 Å². The molecule has 0 fully saturated rings. The lowest BCUT2D eigenvalue weighted by Crippen LogP contribution is -2.37. The fourth-order valence-corrected chi connectivity index (χ4v) is 3.40. The predicted molar refractivity (Wildman–Crippen MR) is 118 cm³/mol. The molecule has 0 unspecified atom stereocenters. The second-order valence-corrected chi connectivity index (χ2v) is 7.06. The molecule has 30 heavy (non-hydrogen) atoms. The first kappa shape index (κ1) is 19.6. The number of fused-ring (bicyclic) bond motifs is 1. The Morgan fingerprint density at radius 1 is 1.03 bits per heavy atom. The van der Waals surface area contributed by atoms with Crippen LogP contribution in [0.1, 0.15) is 29.7 Å². The minimum absolute atomic E-state index is 0.524. The number of aliphatic imine (C=N–C) groups is 1. The summed E-state index contributed by atoms with van der Waals surface area (Å²) >= 11 is 0. The molecule has 1 aromatic carbocycles. The van der Waals surface area contributed by atoms with Crippen molar-refractivity contribution in [3.63, 3.8) is 0 Å². The molecule has 0 spiro atoms. The average Bonchev–Trinajstić information content (AvgIpc) is 3.32. The van der Waals surface area contributed by atoms with Gasteiger partial charge in [0.05, 0.1) is 24.5 Å². The van der Waals surface area contributed by atoms with E-state index in [2.05, 4.69) is 51.1 Å². The third kappa shape index (κ3) is 4.17. The molecule has 4 rings (SSSR count). The van der Waals surface area contributed by atoms with E-state index in [4.69, 9.17) is 4.99 Å². The molecule has 8 heteroatoms. The van der Waals surface area contributed by atoms with Crippen LogP contribution in [0.4, 0.5) is 0 Å². The van der Waals surface area contributed by atoms with Crippen molar-refractivity contribution in [1.29, 1.82) is 0 Å². The second-order valence-electron chi connectivity index (χ2n) is 7.06. The second kappa shape index (κ2) is 8.77. The normalized spacial score (nSPS) is 11.8. The zero-order valence-electron chi connectivity index (χ0n) is 17.5. The Morgan fingerprint density at radius 3 is 2.67 bits per heavy atom. The van der Waals surface area contributed by atoms with E-state index in [0.717, 1.165) is 46.6 Å². The van der Waals surface area contributed by atoms with Gasteiger partial charge in [-0.25, -0.2) is 9.67 Å². The van der Waals surface area contributed by atoms with Gasteiger partial charge in [-0.1, -0.05) is 24.3 Å². The number of hydrogen-bond acceptors (Lipinski definition) is 4. The van der Waals surface area contributed by atoms with E-state index in [1.807, 2.05) is 59.5 Å². The molecule has 0 aliphatic heterocycles. The van der Waals surface area contributed by atoms with Crippen LogP contribution in [0.15, 0.2) is 59.7 Å². The summed E-state index contributed by atoms with van der Waals surface area (Å²) in [5, 5.41) is 19.7. The van der Waals surface area contributed by atoms with Crippen LogP contribution in [-0.4, -0.2) is 36.9 Å². The molecule has 154 valence electrons. The minimum atomic E-state index is 0.524. The predicted octanol–water partition coefficient (Wildman–Crippen LogP) is 2.79. The lowest BCUT2D eigenvalue weighted by molar-refractivity contribution is 0.763. The zero-order chi connectivity index (χ0) is 20.9. The maximum Gasteiger partial charge on any atom is 0.191 e. The van der Waals surface area contributed by atoms with Gasteiger partial charge in [-0.05, 0) is 50.6 Å². The largest absolute Gasteiger partial charge is 0.357 e. The van der Waals surface area contributed by atoms with Gasteiger partial charge in [0.2, 0.25) is 0 Å². The maximum atomic E-state index is 4.78. The number of nitrogens with zero attached hydrogens (tertiary/aromatic N) is 6. The molecule has 0 atom stereocenters. The summed E-state index contributed by atoms with van der Waals surface area (Å²) in [5.41, 5.74) is 5.09. The van der Waals surface area contributed by atoms with E-state index in [1.54, 1.807) is 0 Å². The minimum Gasteiger partial charge on any atom is -0.357 e. The highest BCUT2D eigenvalue weighted by molar-refractivity contribution is 5.79. The van der Waals surface area contributed by atoms with Gasteiger partial charge in [0.1, 0.15) is 0 Å². The Labute approximate surface area is 175 Å². The molecule has 0 saturated carbocycles. The van der Waals surface area contributed by atoms with Crippen LogP contribution >= 0.6 is 0 Å². The highest BCUT2D eigenvalue weighted by atomic mass is 15.3. The third-order valence-electron chi connectivity index (χ3n) is 4.78. The van der Waals surface area contributed by atoms with E-state index in [1.165, 1.54) is 0 Å². The standard InChI is InChI=1S/C22H26N8/c1-4-23-22(25-15-21-27-26-20-11-7-8-12-29(20)21)24-14-18-9-5-6-10-19(18)30-17(3)13-16(2)28-30/h5-13H,4,14-15H2,1-3H3,(H2,23,24,25). The van der Waals surface area contributed by atoms with E-state index >= 15 is 0 Å². The summed E-state index contributed by atoms with van der Waals surface area (Å²) < 4.78 is 3.94. The number of aromatic nitrogens is 5. The Hall–Kier alpha value is -3.68. The zero-order valence-corrected chi connectivity index (χ0v) is 17.5. The van der Waals surface area contributed by atoms with Gasteiger partial charge < -0.3 is 10.6 Å². The fraction of sp³-hybridized carbons (Fsp3) is 0.273. The maximum absolute atomic E-state index is 4.78. The van der Waals surface area contributed by atoms with Gasteiger partial charge in [0.15, 0.2) is 17.4 Å². The molecule has 2 N–H and O–H groups in total. The van der Waals surface area contributed by atoms with Crippen molar-refractivity contribution in [2.45, 2.75) is 33.9 Å². The highest BCUT2D eigenvalue weighted by Crippen LogP contribution is 2.17. The van der Waals surface area contributed by atoms with Crippen LogP contribution < -0.4 is 10.6 Å². The van der Waals surface area contributed by atoms with Crippen molar-refractivity contribution in [3.8, 4) is 5.69 Å². The topological polar surface area (TPSA) is 84.4 Å². The fourth-order valence-electron chi connectivity index (χ4n) is 3.40. The van der Waals surface area contributed by atoms with E-state index in [-0.39, 0.29) is 0 Å². The SMILES string of the molecule is CCNC(=NCc1ccccc1-n1nc(C)cc1C)NCc1nnc2ccccn12. The molecule has 0 aliphatic rings. The van der Waals surface area contributed by atoms with Crippen LogP contribution in [0, 0.1) is 13.8 Å². The van der Waals surface area contributed by atoms with Crippen molar-refractivity contribution < 1.29 is 0 Å². The van der Waals surface area contributed by atoms with Gasteiger partial charge in [0, 0.05) is 18.4 Å². The lowest BCUT2D eigenvalue weighted by Gasteiger charge is -2.13. The first-order valence-corrected chi connectivity index (χ1v) is 10.1. The molecule has 0 radical (unpaired) electrons. The molecule has 3 heterocycles. The lowest BCUT2D eigenvalue weighted by atomic mass is 10.2. The molecule has 0 amide bonds. The van der Waals surface area contributed by atoms with Crippen molar-refractivity contribution in [2.24, 2.45) is 4.99 Å². The van der Waals surface area contributed by atoms with Gasteiger partial charge >= 0.3 is 0 Å². The Morgan fingerprint density at radius 2 is 1.87 bits per heavy atom. The number of guanidine groups is 1. The van der Waals surface area contributed by atoms with Crippen LogP contribution in [0.25, 0.3) is 11.3 Å². The van der Waals surface area contributed by atoms with E-state index in [0.29, 0.717) is 13.1 Å². The first-order valence-electron chi connectivity index (χ1n) is 10.1. The molecule has 4 aromatic rings. The van der Waals surface area contributed by atoms with Crippen LogP contribution in [-0.2, 0) is 13.1 Å². The first-order chi connectivity index (χ1) is 14.7. The van der Waals surface area contributed by atoms with Gasteiger partial charge in [-0.3, -0.25) is 4.40 Å². The number of pyridine rings is 1. The summed E-state index contributed by atoms with van der Waals surface area (Å²) in [6.45, 7) is 7.94. The summed E-state index contributed by atoms with van der Waals surface area (Å²) in [6, 6.07) is 16.2. The Balaban J connectivity index is 1.53. The number of hydrogen-bond donors (Lipinski definition) is 2. The monoisotopic (exact) mass is 402 g/mol. The van der Waals surface area contributed by atoms with Crippen molar-refractivity contribution >= 4 is 11.6 Å². The number of para-hydroxylation sites is 1. The third-order valence-corrected chi connectivity index (χ3v) is 4.78. The molecular formula is C22H26N8. The van der Waals surface area contributed by atoms with Gasteiger partial charge in [-0.2, -0.15) is 5.10 Å². The van der Waals surface area contributed by atoms with Crippen molar-refractivity contribution in [3.05, 3.63) is 77.5 Å². The summed E-state index contributed by atoms with van der Waals surface area (Å²) in [6.07, 6.45) is 1.96. The van der Waals surface area contributed by atoms with E-state index in [9.17, 15) is 0 Å². The molecular weight excluding hydrogens is 376 g/mol. The number of nitrogens with one attached hydrogen (secondary N) is 2. The van der Waals surface area contributed by atoms with E-state index < -0.39 is 0 Å². The number of rotatable bonds is 6. The highest BCUT2D eigenvalue weighted by Gasteiger charge is 2.09. The van der Waals surface area contributed by atoms with Crippen molar-refractivity contribution in [2.75, 3.05) is 6.54 Å². The Kier molecular flexibility index (Phi) is 5.74. The van der Waals surface area contributed by atoms with Gasteiger partial charge in [-0.15, -0.1) is 10.2 Å². The number of benzene rings is 1. The van der Waals surface area contributed by atoms with Crippen LogP contribution in [0.2, 0.25) is 0 Å². The Bertz CT molecular complexity index is 1170. The summed E-state index contributed by atoms with van der Waals surface area (Å²) in [7, 11) is 0. The quantitative estimate of drug-likeness (QED) is 0.383. The summed E-state index contributed by atoms with van der Waals surface area (Å²) in [4.78, 5) is 4.78. The molecule has 0 aliphatic carbocycles. The molecule has 3 aromatic heterocycles. The summed E-state index contributed by atoms with van der Waals surface area (Å²) in [5.74, 6) is 1.56. The molecule has 0 bridgehead atoms. The number of aryl methyl sites for hydroxylation is 2. The van der Waals surface area contributed by atoms with Crippen LogP contribution in [0.5, 0.6) is 0 Å². The molecule has 8 nitrogen and oxygen atoms in total. The van der Waals surface area contributed by atoms with Gasteiger partial charge in [0.25, 0.3) is 0 Å².